The van der Waals surface area contributed by atoms with Gasteiger partial charge in [-0.3, -0.25) is 9.59 Å². The van der Waals surface area contributed by atoms with Gasteiger partial charge in [0, 0.05) is 19.5 Å². The lowest BCUT2D eigenvalue weighted by molar-refractivity contribution is -0.140. The molecule has 0 saturated carbocycles. The van der Waals surface area contributed by atoms with Gasteiger partial charge in [-0.15, -0.1) is 0 Å². The minimum Gasteiger partial charge on any atom is -0.481 e. The smallest absolute Gasteiger partial charge is 0.315 e. The molecule has 0 saturated heterocycles. The second-order valence-electron chi connectivity index (χ2n) is 4.28. The Bertz CT molecular complexity index is 381. The molecule has 0 heterocycles. The van der Waals surface area contributed by atoms with Crippen LogP contribution >= 0.6 is 0 Å². The molecule has 106 valence electrons. The molecule has 0 radical (unpaired) electrons. The van der Waals surface area contributed by atoms with Gasteiger partial charge in [0.05, 0.1) is 12.0 Å². The fourth-order valence-electron chi connectivity index (χ4n) is 1.78. The highest BCUT2D eigenvalue weighted by atomic mass is 16.4. The summed E-state index contributed by atoms with van der Waals surface area (Å²) in [6, 6.07) is -0.671. The Hall–Kier alpha value is -2.05. The van der Waals surface area contributed by atoms with Crippen molar-refractivity contribution in [3.05, 3.63) is 12.2 Å². The molecule has 0 aliphatic heterocycles. The molecule has 0 aromatic heterocycles. The lowest BCUT2D eigenvalue weighted by Crippen LogP contribution is -2.42. The number of carboxylic acids is 1. The van der Waals surface area contributed by atoms with Crippen molar-refractivity contribution in [2.24, 2.45) is 5.92 Å². The third kappa shape index (κ3) is 5.41. The summed E-state index contributed by atoms with van der Waals surface area (Å²) in [7, 11) is 0. The highest BCUT2D eigenvalue weighted by molar-refractivity contribution is 5.78. The summed E-state index contributed by atoms with van der Waals surface area (Å²) < 4.78 is 0. The van der Waals surface area contributed by atoms with E-state index in [1.54, 1.807) is 12.2 Å². The highest BCUT2D eigenvalue weighted by Crippen LogP contribution is 2.17. The van der Waals surface area contributed by atoms with Gasteiger partial charge in [0.15, 0.2) is 0 Å². The van der Waals surface area contributed by atoms with Crippen LogP contribution in [-0.2, 0) is 9.59 Å². The Morgan fingerprint density at radius 3 is 2.58 bits per heavy atom. The Kier molecular flexibility index (Phi) is 5.84. The molecule has 19 heavy (non-hydrogen) atoms. The Labute approximate surface area is 111 Å². The molecule has 0 bridgehead atoms. The minimum atomic E-state index is -0.891. The molecule has 0 fully saturated rings. The van der Waals surface area contributed by atoms with Gasteiger partial charge >= 0.3 is 12.0 Å². The van der Waals surface area contributed by atoms with Crippen molar-refractivity contribution in [3.63, 3.8) is 0 Å². The molecule has 7 nitrogen and oxygen atoms in total. The zero-order valence-electron chi connectivity index (χ0n) is 10.8. The summed E-state index contributed by atoms with van der Waals surface area (Å²) in [6.07, 6.45) is 3.82. The van der Waals surface area contributed by atoms with Gasteiger partial charge in [-0.1, -0.05) is 12.2 Å². The Balaban J connectivity index is 2.17. The van der Waals surface area contributed by atoms with Crippen LogP contribution in [0.2, 0.25) is 0 Å². The maximum atomic E-state index is 11.5. The second kappa shape index (κ2) is 7.40. The van der Waals surface area contributed by atoms with Crippen LogP contribution in [0.4, 0.5) is 4.79 Å². The van der Waals surface area contributed by atoms with E-state index in [0.29, 0.717) is 13.0 Å². The van der Waals surface area contributed by atoms with E-state index in [9.17, 15) is 14.4 Å². The lowest BCUT2D eigenvalue weighted by atomic mass is 10.1. The van der Waals surface area contributed by atoms with E-state index < -0.39 is 17.9 Å². The number of nitrogens with one attached hydrogen (secondary N) is 3. The molecule has 4 N–H and O–H groups in total. The topological polar surface area (TPSA) is 108 Å². The van der Waals surface area contributed by atoms with Crippen molar-refractivity contribution in [3.8, 4) is 0 Å². The quantitative estimate of drug-likeness (QED) is 0.502. The Morgan fingerprint density at radius 2 is 2.00 bits per heavy atom. The van der Waals surface area contributed by atoms with Crippen LogP contribution in [0.3, 0.4) is 0 Å². The van der Waals surface area contributed by atoms with E-state index in [2.05, 4.69) is 16.0 Å². The summed E-state index contributed by atoms with van der Waals surface area (Å²) in [5.74, 6) is -1.55. The van der Waals surface area contributed by atoms with Crippen molar-refractivity contribution < 1.29 is 19.5 Å². The number of carbonyl (C=O) groups excluding carboxylic acids is 2. The number of carboxylic acid groups (broad SMARTS) is 1. The van der Waals surface area contributed by atoms with Gasteiger partial charge < -0.3 is 21.1 Å². The molecule has 0 aromatic carbocycles. The summed E-state index contributed by atoms with van der Waals surface area (Å²) in [6.45, 7) is 2.63. The maximum absolute atomic E-state index is 11.5. The van der Waals surface area contributed by atoms with Crippen molar-refractivity contribution >= 4 is 17.9 Å². The molecule has 1 aliphatic carbocycles. The largest absolute Gasteiger partial charge is 0.481 e. The van der Waals surface area contributed by atoms with E-state index >= 15 is 0 Å². The van der Waals surface area contributed by atoms with Crippen molar-refractivity contribution in [2.75, 3.05) is 13.1 Å². The average Bonchev–Trinajstić information content (AvgIpc) is 2.78. The van der Waals surface area contributed by atoms with E-state index in [1.165, 1.54) is 0 Å². The predicted octanol–water partition coefficient (Wildman–Crippen LogP) is -0.159. The first kappa shape index (κ1) is 15.0. The van der Waals surface area contributed by atoms with Crippen LogP contribution in [0.25, 0.3) is 0 Å². The highest BCUT2D eigenvalue weighted by Gasteiger charge is 2.25. The van der Waals surface area contributed by atoms with Gasteiger partial charge in [0.2, 0.25) is 5.91 Å². The first-order valence-corrected chi connectivity index (χ1v) is 6.25. The number of rotatable bonds is 6. The number of urea groups is 1. The fraction of sp³-hybridized carbons (Fsp3) is 0.583. The molecule has 7 heteroatoms. The van der Waals surface area contributed by atoms with Crippen LogP contribution < -0.4 is 16.0 Å². The molecule has 2 unspecified atom stereocenters. The van der Waals surface area contributed by atoms with E-state index in [0.717, 1.165) is 0 Å². The fourth-order valence-corrected chi connectivity index (χ4v) is 1.78. The lowest BCUT2D eigenvalue weighted by Gasteiger charge is -2.13. The maximum Gasteiger partial charge on any atom is 0.315 e. The zero-order chi connectivity index (χ0) is 14.3. The van der Waals surface area contributed by atoms with Gasteiger partial charge in [0.25, 0.3) is 0 Å². The number of carbonyl (C=O) groups is 3. The molecule has 2 atom stereocenters. The Morgan fingerprint density at radius 1 is 1.26 bits per heavy atom. The van der Waals surface area contributed by atoms with E-state index in [-0.39, 0.29) is 24.9 Å². The number of hydrogen-bond donors (Lipinski definition) is 4. The molecule has 0 spiro atoms. The predicted molar refractivity (Wildman–Crippen MR) is 68.5 cm³/mol. The molecule has 3 amide bonds. The van der Waals surface area contributed by atoms with Gasteiger partial charge in [-0.05, 0) is 13.3 Å². The number of aliphatic carboxylic acids is 1. The van der Waals surface area contributed by atoms with Crippen LogP contribution in [-0.4, -0.2) is 42.1 Å². The van der Waals surface area contributed by atoms with Crippen LogP contribution in [0.5, 0.6) is 0 Å². The first-order chi connectivity index (χ1) is 9.02. The third-order valence-corrected chi connectivity index (χ3v) is 2.73. The number of amides is 3. The van der Waals surface area contributed by atoms with Crippen LogP contribution in [0, 0.1) is 5.92 Å². The van der Waals surface area contributed by atoms with Gasteiger partial charge in [0.1, 0.15) is 0 Å². The first-order valence-electron chi connectivity index (χ1n) is 6.25. The molecular formula is C12H19N3O4. The summed E-state index contributed by atoms with van der Waals surface area (Å²) in [5.41, 5.74) is 0. The average molecular weight is 269 g/mol. The molecule has 0 aromatic rings. The standard InChI is InChI=1S/C12H19N3O4/c1-2-13-10(16)5-6-14-12(19)15-9-4-3-8(7-9)11(17)18/h3-4,8-9H,2,5-7H2,1H3,(H,13,16)(H,17,18)(H2,14,15,19). The van der Waals surface area contributed by atoms with Gasteiger partial charge in [-0.2, -0.15) is 0 Å². The molecular weight excluding hydrogens is 250 g/mol. The van der Waals surface area contributed by atoms with Crippen LogP contribution in [0.15, 0.2) is 12.2 Å². The van der Waals surface area contributed by atoms with Crippen molar-refractivity contribution in [1.29, 1.82) is 0 Å². The normalized spacial score (nSPS) is 20.9. The summed E-state index contributed by atoms with van der Waals surface area (Å²) >= 11 is 0. The second-order valence-corrected chi connectivity index (χ2v) is 4.28. The third-order valence-electron chi connectivity index (χ3n) is 2.73. The zero-order valence-corrected chi connectivity index (χ0v) is 10.8. The van der Waals surface area contributed by atoms with Crippen molar-refractivity contribution in [1.82, 2.24) is 16.0 Å². The van der Waals surface area contributed by atoms with Crippen molar-refractivity contribution in [2.45, 2.75) is 25.8 Å². The van der Waals surface area contributed by atoms with E-state index in [4.69, 9.17) is 5.11 Å². The number of hydrogen-bond acceptors (Lipinski definition) is 3. The monoisotopic (exact) mass is 269 g/mol. The SMILES string of the molecule is CCNC(=O)CCNC(=O)NC1C=CC(C(=O)O)C1. The molecule has 1 aliphatic rings. The summed E-state index contributed by atoms with van der Waals surface area (Å²) in [5, 5.41) is 16.6. The van der Waals surface area contributed by atoms with E-state index in [1.807, 2.05) is 6.92 Å². The summed E-state index contributed by atoms with van der Waals surface area (Å²) in [4.78, 5) is 33.3. The van der Waals surface area contributed by atoms with Gasteiger partial charge in [-0.25, -0.2) is 4.79 Å². The molecule has 1 rings (SSSR count). The van der Waals surface area contributed by atoms with Crippen LogP contribution in [0.1, 0.15) is 19.8 Å². The minimum absolute atomic E-state index is 0.116.